The van der Waals surface area contributed by atoms with Gasteiger partial charge in [-0.25, -0.2) is 0 Å². The van der Waals surface area contributed by atoms with E-state index >= 15 is 0 Å². The summed E-state index contributed by atoms with van der Waals surface area (Å²) in [6, 6.07) is 21.9. The lowest BCUT2D eigenvalue weighted by atomic mass is 9.94. The predicted octanol–water partition coefficient (Wildman–Crippen LogP) is 4.69. The van der Waals surface area contributed by atoms with Crippen LogP contribution in [0, 0.1) is 5.92 Å². The molecule has 2 amide bonds. The Morgan fingerprint density at radius 3 is 2.26 bits per heavy atom. The Morgan fingerprint density at radius 2 is 1.50 bits per heavy atom. The molecule has 176 valence electrons. The Bertz CT molecular complexity index is 1180. The Kier molecular flexibility index (Phi) is 6.84. The normalized spacial score (nSPS) is 17.8. The van der Waals surface area contributed by atoms with Crippen molar-refractivity contribution in [2.24, 2.45) is 5.92 Å². The molecule has 0 aliphatic carbocycles. The zero-order valence-electron chi connectivity index (χ0n) is 19.3. The van der Waals surface area contributed by atoms with Gasteiger partial charge in [-0.05, 0) is 47.4 Å². The first-order valence-corrected chi connectivity index (χ1v) is 12.5. The molecular formula is C28H30ClN3O2. The van der Waals surface area contributed by atoms with E-state index < -0.39 is 0 Å². The van der Waals surface area contributed by atoms with Crippen molar-refractivity contribution in [3.8, 4) is 0 Å². The highest BCUT2D eigenvalue weighted by Gasteiger charge is 2.32. The predicted molar refractivity (Wildman–Crippen MR) is 136 cm³/mol. The van der Waals surface area contributed by atoms with E-state index in [1.165, 1.54) is 5.56 Å². The molecule has 5 nitrogen and oxygen atoms in total. The lowest BCUT2D eigenvalue weighted by Crippen LogP contribution is -2.51. The Labute approximate surface area is 205 Å². The molecule has 2 saturated heterocycles. The second-order valence-corrected chi connectivity index (χ2v) is 9.76. The minimum atomic E-state index is 0.0102. The van der Waals surface area contributed by atoms with Crippen molar-refractivity contribution in [1.29, 1.82) is 0 Å². The number of fused-ring (bicyclic) bond motifs is 1. The van der Waals surface area contributed by atoms with Crippen molar-refractivity contribution < 1.29 is 9.59 Å². The van der Waals surface area contributed by atoms with Crippen molar-refractivity contribution >= 4 is 34.2 Å². The number of nitrogens with zero attached hydrogens (tertiary/aromatic N) is 3. The number of piperidine rings is 1. The summed E-state index contributed by atoms with van der Waals surface area (Å²) >= 11 is 6.11. The van der Waals surface area contributed by atoms with Crippen LogP contribution in [0.5, 0.6) is 0 Å². The number of hydrogen-bond donors (Lipinski definition) is 0. The zero-order valence-corrected chi connectivity index (χ0v) is 20.1. The molecule has 0 bridgehead atoms. The van der Waals surface area contributed by atoms with Crippen molar-refractivity contribution in [3.63, 3.8) is 0 Å². The molecule has 6 heteroatoms. The summed E-state index contributed by atoms with van der Waals surface area (Å²) in [4.78, 5) is 32.7. The minimum Gasteiger partial charge on any atom is -0.340 e. The topological polar surface area (TPSA) is 43.9 Å². The summed E-state index contributed by atoms with van der Waals surface area (Å²) in [5.74, 6) is 0.327. The largest absolute Gasteiger partial charge is 0.340 e. The molecule has 2 fully saturated rings. The monoisotopic (exact) mass is 475 g/mol. The van der Waals surface area contributed by atoms with Crippen LogP contribution in [0.1, 0.15) is 28.8 Å². The van der Waals surface area contributed by atoms with Crippen LogP contribution in [0.25, 0.3) is 10.8 Å². The molecule has 2 aliphatic heterocycles. The Balaban J connectivity index is 1.13. The van der Waals surface area contributed by atoms with Crippen LogP contribution >= 0.6 is 11.6 Å². The number of amides is 2. The summed E-state index contributed by atoms with van der Waals surface area (Å²) in [7, 11) is 0. The lowest BCUT2D eigenvalue weighted by Gasteiger charge is -2.38. The average molecular weight is 476 g/mol. The van der Waals surface area contributed by atoms with E-state index in [0.717, 1.165) is 66.9 Å². The first-order valence-electron chi connectivity index (χ1n) is 12.1. The second kappa shape index (κ2) is 10.2. The van der Waals surface area contributed by atoms with E-state index in [1.807, 2.05) is 70.5 Å². The van der Waals surface area contributed by atoms with Gasteiger partial charge < -0.3 is 9.80 Å². The first kappa shape index (κ1) is 22.9. The molecule has 2 heterocycles. The van der Waals surface area contributed by atoms with Gasteiger partial charge in [-0.2, -0.15) is 0 Å². The van der Waals surface area contributed by atoms with E-state index in [-0.39, 0.29) is 17.7 Å². The van der Waals surface area contributed by atoms with Crippen molar-refractivity contribution in [3.05, 3.63) is 82.9 Å². The summed E-state index contributed by atoms with van der Waals surface area (Å²) in [6.45, 7) is 5.38. The van der Waals surface area contributed by atoms with E-state index in [1.54, 1.807) is 0 Å². The van der Waals surface area contributed by atoms with Crippen molar-refractivity contribution in [1.82, 2.24) is 14.7 Å². The molecule has 5 rings (SSSR count). The Hall–Kier alpha value is -2.89. The molecule has 3 aromatic carbocycles. The number of rotatable bonds is 4. The van der Waals surface area contributed by atoms with Crippen LogP contribution in [0.2, 0.25) is 5.02 Å². The highest BCUT2D eigenvalue weighted by molar-refractivity contribution is 6.30. The van der Waals surface area contributed by atoms with Gasteiger partial charge in [0, 0.05) is 62.3 Å². The molecule has 0 atom stereocenters. The molecule has 0 saturated carbocycles. The molecule has 3 aromatic rings. The molecule has 2 aliphatic rings. The fraction of sp³-hybridized carbons (Fsp3) is 0.357. The minimum absolute atomic E-state index is 0.0102. The number of halogens is 1. The number of carbonyl (C=O) groups is 2. The van der Waals surface area contributed by atoms with Gasteiger partial charge in [-0.1, -0.05) is 60.1 Å². The summed E-state index contributed by atoms with van der Waals surface area (Å²) < 4.78 is 0. The van der Waals surface area contributed by atoms with Gasteiger partial charge >= 0.3 is 0 Å². The third kappa shape index (κ3) is 4.96. The number of likely N-dealkylation sites (tertiary alicyclic amines) is 1. The van der Waals surface area contributed by atoms with Crippen LogP contribution in [0.15, 0.2) is 66.7 Å². The number of carbonyl (C=O) groups excluding carboxylic acids is 2. The van der Waals surface area contributed by atoms with Gasteiger partial charge in [0.05, 0.1) is 0 Å². The lowest BCUT2D eigenvalue weighted by molar-refractivity contribution is -0.138. The zero-order chi connectivity index (χ0) is 23.5. The third-order valence-electron chi connectivity index (χ3n) is 7.13. The number of hydrogen-bond acceptors (Lipinski definition) is 3. The first-order chi connectivity index (χ1) is 16.6. The number of benzene rings is 3. The second-order valence-electron chi connectivity index (χ2n) is 9.32. The molecule has 0 aromatic heterocycles. The van der Waals surface area contributed by atoms with Crippen molar-refractivity contribution in [2.75, 3.05) is 39.3 Å². The van der Waals surface area contributed by atoms with Crippen LogP contribution in [-0.4, -0.2) is 65.8 Å². The summed E-state index contributed by atoms with van der Waals surface area (Å²) in [5.41, 5.74) is 1.95. The van der Waals surface area contributed by atoms with Gasteiger partial charge in [0.2, 0.25) is 5.91 Å². The quantitative estimate of drug-likeness (QED) is 0.550. The highest BCUT2D eigenvalue weighted by Crippen LogP contribution is 2.25. The fourth-order valence-corrected chi connectivity index (χ4v) is 5.40. The third-order valence-corrected chi connectivity index (χ3v) is 7.37. The van der Waals surface area contributed by atoms with Gasteiger partial charge in [0.25, 0.3) is 5.91 Å². The summed E-state index contributed by atoms with van der Waals surface area (Å²) in [5, 5.41) is 2.83. The molecular weight excluding hydrogens is 446 g/mol. The van der Waals surface area contributed by atoms with E-state index in [0.29, 0.717) is 13.1 Å². The maximum absolute atomic E-state index is 13.2. The molecule has 0 unspecified atom stereocenters. The van der Waals surface area contributed by atoms with Crippen LogP contribution in [0.3, 0.4) is 0 Å². The maximum Gasteiger partial charge on any atom is 0.254 e. The summed E-state index contributed by atoms with van der Waals surface area (Å²) in [6.07, 6.45) is 1.47. The van der Waals surface area contributed by atoms with Gasteiger partial charge in [-0.3, -0.25) is 14.5 Å². The SMILES string of the molecule is O=C(c1cccc2ccccc12)N1CCC(C(=O)N2CCN(Cc3cccc(Cl)c3)CC2)CC1. The van der Waals surface area contributed by atoms with E-state index in [4.69, 9.17) is 11.6 Å². The maximum atomic E-state index is 13.2. The van der Waals surface area contributed by atoms with E-state index in [9.17, 15) is 9.59 Å². The van der Waals surface area contributed by atoms with E-state index in [2.05, 4.69) is 11.0 Å². The van der Waals surface area contributed by atoms with Crippen LogP contribution < -0.4 is 0 Å². The highest BCUT2D eigenvalue weighted by atomic mass is 35.5. The number of piperazine rings is 1. The van der Waals surface area contributed by atoms with Gasteiger partial charge in [-0.15, -0.1) is 0 Å². The van der Waals surface area contributed by atoms with Crippen LogP contribution in [0.4, 0.5) is 0 Å². The fourth-order valence-electron chi connectivity index (χ4n) is 5.19. The molecule has 34 heavy (non-hydrogen) atoms. The average Bonchev–Trinajstić information content (AvgIpc) is 2.88. The standard InChI is InChI=1S/C28H30ClN3O2/c29-24-8-3-5-21(19-24)20-30-15-17-32(18-16-30)27(33)23-11-13-31(14-12-23)28(34)26-10-4-7-22-6-1-2-9-25(22)26/h1-10,19,23H,11-18,20H2. The molecule has 0 N–H and O–H groups in total. The van der Waals surface area contributed by atoms with Gasteiger partial charge in [0.1, 0.15) is 0 Å². The molecule has 0 spiro atoms. The van der Waals surface area contributed by atoms with Crippen LogP contribution in [-0.2, 0) is 11.3 Å². The van der Waals surface area contributed by atoms with Gasteiger partial charge in [0.15, 0.2) is 0 Å². The Morgan fingerprint density at radius 1 is 0.794 bits per heavy atom. The molecule has 0 radical (unpaired) electrons. The van der Waals surface area contributed by atoms with Crippen molar-refractivity contribution in [2.45, 2.75) is 19.4 Å². The smallest absolute Gasteiger partial charge is 0.254 e.